The van der Waals surface area contributed by atoms with Gasteiger partial charge in [-0.05, 0) is 44.1 Å². The quantitative estimate of drug-likeness (QED) is 0.736. The summed E-state index contributed by atoms with van der Waals surface area (Å²) in [6.07, 6.45) is 6.84. The number of nitrogens with zero attached hydrogens (tertiary/aromatic N) is 1. The molecule has 1 aromatic rings. The Balaban J connectivity index is 2.03. The zero-order valence-corrected chi connectivity index (χ0v) is 12.4. The molecule has 0 amide bonds. The van der Waals surface area contributed by atoms with Crippen LogP contribution in [0.15, 0.2) is 6.07 Å². The van der Waals surface area contributed by atoms with Crippen LogP contribution >= 0.6 is 0 Å². The van der Waals surface area contributed by atoms with Gasteiger partial charge in [0, 0.05) is 29.4 Å². The van der Waals surface area contributed by atoms with Crippen LogP contribution in [0.2, 0.25) is 0 Å². The molecule has 0 spiro atoms. The second-order valence-corrected chi connectivity index (χ2v) is 6.63. The molecule has 0 radical (unpaired) electrons. The van der Waals surface area contributed by atoms with Crippen molar-refractivity contribution in [3.8, 4) is 0 Å². The lowest BCUT2D eigenvalue weighted by molar-refractivity contribution is 0.0970. The Morgan fingerprint density at radius 2 is 1.95 bits per heavy atom. The van der Waals surface area contributed by atoms with Crippen LogP contribution in [0.3, 0.4) is 0 Å². The van der Waals surface area contributed by atoms with Crippen molar-refractivity contribution in [2.24, 2.45) is 11.8 Å². The predicted molar refractivity (Wildman–Crippen MR) is 77.7 cm³/mol. The zero-order chi connectivity index (χ0) is 13.6. The third kappa shape index (κ3) is 2.05. The molecule has 2 aliphatic rings. The number of hydrogen-bond donors (Lipinski definition) is 0. The van der Waals surface area contributed by atoms with Gasteiger partial charge in [-0.25, -0.2) is 0 Å². The van der Waals surface area contributed by atoms with Crippen molar-refractivity contribution in [1.29, 1.82) is 0 Å². The minimum absolute atomic E-state index is 0.361. The molecule has 1 saturated carbocycles. The minimum Gasteiger partial charge on any atom is -0.345 e. The molecule has 3 unspecified atom stereocenters. The fourth-order valence-corrected chi connectivity index (χ4v) is 4.13. The highest BCUT2D eigenvalue weighted by Crippen LogP contribution is 2.40. The normalized spacial score (nSPS) is 31.3. The summed E-state index contributed by atoms with van der Waals surface area (Å²) in [5, 5.41) is 0. The zero-order valence-electron chi connectivity index (χ0n) is 12.4. The molecule has 0 saturated heterocycles. The minimum atomic E-state index is 0.361. The molecule has 2 nitrogen and oxygen atoms in total. The van der Waals surface area contributed by atoms with Crippen LogP contribution < -0.4 is 0 Å². The van der Waals surface area contributed by atoms with Crippen molar-refractivity contribution < 1.29 is 4.79 Å². The molecule has 2 aliphatic carbocycles. The molecule has 3 atom stereocenters. The molecule has 0 aromatic carbocycles. The highest BCUT2D eigenvalue weighted by molar-refractivity contribution is 5.98. The van der Waals surface area contributed by atoms with Gasteiger partial charge in [-0.15, -0.1) is 0 Å². The van der Waals surface area contributed by atoms with Crippen molar-refractivity contribution in [2.45, 2.75) is 65.3 Å². The van der Waals surface area contributed by atoms with Crippen LogP contribution in [-0.2, 0) is 6.42 Å². The Morgan fingerprint density at radius 1 is 1.16 bits per heavy atom. The fraction of sp³-hybridized carbons (Fsp3) is 0.706. The number of ketones is 1. The van der Waals surface area contributed by atoms with Gasteiger partial charge in [-0.2, -0.15) is 0 Å². The lowest BCUT2D eigenvalue weighted by atomic mass is 9.77. The highest BCUT2D eigenvalue weighted by Gasteiger charge is 2.32. The van der Waals surface area contributed by atoms with Crippen LogP contribution in [0.4, 0.5) is 0 Å². The number of hydrogen-bond acceptors (Lipinski definition) is 1. The van der Waals surface area contributed by atoms with Crippen molar-refractivity contribution in [3.63, 3.8) is 0 Å². The van der Waals surface area contributed by atoms with Crippen LogP contribution in [0, 0.1) is 18.8 Å². The van der Waals surface area contributed by atoms with E-state index < -0.39 is 0 Å². The van der Waals surface area contributed by atoms with E-state index in [2.05, 4.69) is 31.4 Å². The third-order valence-electron chi connectivity index (χ3n) is 5.45. The van der Waals surface area contributed by atoms with E-state index in [1.807, 2.05) is 0 Å². The van der Waals surface area contributed by atoms with E-state index in [9.17, 15) is 4.79 Å². The summed E-state index contributed by atoms with van der Waals surface area (Å²) in [6.45, 7) is 6.95. The van der Waals surface area contributed by atoms with Crippen molar-refractivity contribution in [1.82, 2.24) is 4.57 Å². The lowest BCUT2D eigenvalue weighted by Gasteiger charge is -2.37. The van der Waals surface area contributed by atoms with E-state index >= 15 is 0 Å². The van der Waals surface area contributed by atoms with Gasteiger partial charge in [0.25, 0.3) is 0 Å². The van der Waals surface area contributed by atoms with E-state index in [1.54, 1.807) is 0 Å². The summed E-state index contributed by atoms with van der Waals surface area (Å²) in [7, 11) is 0. The van der Waals surface area contributed by atoms with Gasteiger partial charge in [0.1, 0.15) is 0 Å². The summed E-state index contributed by atoms with van der Waals surface area (Å²) < 4.78 is 2.52. The molecule has 0 aliphatic heterocycles. The van der Waals surface area contributed by atoms with Gasteiger partial charge < -0.3 is 4.57 Å². The molecule has 0 N–H and O–H groups in total. The van der Waals surface area contributed by atoms with E-state index in [1.165, 1.54) is 30.7 Å². The van der Waals surface area contributed by atoms with Crippen molar-refractivity contribution in [2.75, 3.05) is 0 Å². The maximum atomic E-state index is 12.1. The summed E-state index contributed by atoms with van der Waals surface area (Å²) in [4.78, 5) is 12.1. The van der Waals surface area contributed by atoms with Gasteiger partial charge in [-0.3, -0.25) is 4.79 Å². The Hall–Kier alpha value is -1.05. The monoisotopic (exact) mass is 259 g/mol. The first-order valence-corrected chi connectivity index (χ1v) is 7.83. The number of carbonyl (C=O) groups excluding carboxylic acids is 1. The number of Topliss-reactive ketones (excluding diaryl/α,β-unsaturated/α-hetero) is 1. The molecule has 2 heteroatoms. The first-order valence-electron chi connectivity index (χ1n) is 7.83. The molecule has 19 heavy (non-hydrogen) atoms. The first-order chi connectivity index (χ1) is 9.09. The number of carbonyl (C=O) groups is 1. The van der Waals surface area contributed by atoms with Crippen molar-refractivity contribution in [3.05, 3.63) is 23.0 Å². The van der Waals surface area contributed by atoms with Gasteiger partial charge in [0.2, 0.25) is 0 Å². The van der Waals surface area contributed by atoms with Crippen LogP contribution in [-0.4, -0.2) is 10.4 Å². The molecule has 1 heterocycles. The largest absolute Gasteiger partial charge is 0.345 e. The van der Waals surface area contributed by atoms with Gasteiger partial charge in [0.05, 0.1) is 0 Å². The summed E-state index contributed by atoms with van der Waals surface area (Å²) in [6, 6.07) is 2.75. The Bertz CT molecular complexity index is 500. The summed E-state index contributed by atoms with van der Waals surface area (Å²) in [5.41, 5.74) is 3.65. The topological polar surface area (TPSA) is 22.0 Å². The smallest absolute Gasteiger partial charge is 0.164 e. The summed E-state index contributed by atoms with van der Waals surface area (Å²) in [5.74, 6) is 1.89. The van der Waals surface area contributed by atoms with Crippen LogP contribution in [0.25, 0.3) is 0 Å². The lowest BCUT2D eigenvalue weighted by Crippen LogP contribution is -2.29. The molecule has 3 rings (SSSR count). The second-order valence-electron chi connectivity index (χ2n) is 6.63. The Labute approximate surface area is 116 Å². The van der Waals surface area contributed by atoms with E-state index in [-0.39, 0.29) is 0 Å². The SMILES string of the molecule is Cc1cc2c(n1C1CCCC(C)C1C)CCCC2=O. The predicted octanol–water partition coefficient (Wildman–Crippen LogP) is 4.31. The van der Waals surface area contributed by atoms with Gasteiger partial charge in [-0.1, -0.05) is 26.7 Å². The second kappa shape index (κ2) is 4.81. The average molecular weight is 259 g/mol. The molecule has 1 fully saturated rings. The first kappa shape index (κ1) is 13.0. The average Bonchev–Trinajstić information content (AvgIpc) is 2.71. The number of aryl methyl sites for hydroxylation is 1. The van der Waals surface area contributed by atoms with Gasteiger partial charge in [0.15, 0.2) is 5.78 Å². The number of aromatic nitrogens is 1. The molecule has 0 bridgehead atoms. The molecular weight excluding hydrogens is 234 g/mol. The van der Waals surface area contributed by atoms with Gasteiger partial charge >= 0.3 is 0 Å². The van der Waals surface area contributed by atoms with E-state index in [4.69, 9.17) is 0 Å². The highest BCUT2D eigenvalue weighted by atomic mass is 16.1. The Morgan fingerprint density at radius 3 is 2.74 bits per heavy atom. The Kier molecular flexibility index (Phi) is 3.28. The van der Waals surface area contributed by atoms with E-state index in [0.29, 0.717) is 11.8 Å². The standard InChI is InChI=1S/C17H25NO/c1-11-6-4-7-15(13(11)3)18-12(2)10-14-16(18)8-5-9-17(14)19/h10-11,13,15H,4-9H2,1-3H3. The number of rotatable bonds is 1. The molecule has 1 aromatic heterocycles. The fourth-order valence-electron chi connectivity index (χ4n) is 4.13. The van der Waals surface area contributed by atoms with Crippen LogP contribution in [0.1, 0.15) is 73.7 Å². The summed E-state index contributed by atoms with van der Waals surface area (Å²) >= 11 is 0. The van der Waals surface area contributed by atoms with Crippen molar-refractivity contribution >= 4 is 5.78 Å². The van der Waals surface area contributed by atoms with Crippen LogP contribution in [0.5, 0.6) is 0 Å². The third-order valence-corrected chi connectivity index (χ3v) is 5.45. The maximum absolute atomic E-state index is 12.1. The maximum Gasteiger partial charge on any atom is 0.164 e. The molecular formula is C17H25NO. The molecule has 104 valence electrons. The number of fused-ring (bicyclic) bond motifs is 1. The van der Waals surface area contributed by atoms with E-state index in [0.717, 1.165) is 36.7 Å².